The molecule has 1 N–H and O–H groups in total. The Morgan fingerprint density at radius 2 is 2.00 bits per heavy atom. The van der Waals surface area contributed by atoms with Crippen molar-refractivity contribution in [3.8, 4) is 11.5 Å². The zero-order valence-electron chi connectivity index (χ0n) is 13.1. The Labute approximate surface area is 153 Å². The Morgan fingerprint density at radius 1 is 1.24 bits per heavy atom. The third-order valence-electron chi connectivity index (χ3n) is 3.24. The fourth-order valence-electron chi connectivity index (χ4n) is 2.00. The summed E-state index contributed by atoms with van der Waals surface area (Å²) in [5.41, 5.74) is 0.668. The summed E-state index contributed by atoms with van der Waals surface area (Å²) in [6.07, 6.45) is 1.53. The molecule has 0 aliphatic heterocycles. The molecule has 3 rings (SSSR count). The van der Waals surface area contributed by atoms with Crippen molar-refractivity contribution in [2.24, 2.45) is 5.10 Å². The van der Waals surface area contributed by atoms with Crippen molar-refractivity contribution < 1.29 is 4.74 Å². The van der Waals surface area contributed by atoms with Gasteiger partial charge in [-0.05, 0) is 61.1 Å². The minimum absolute atomic E-state index is 0.125. The summed E-state index contributed by atoms with van der Waals surface area (Å²) >= 11 is 10.9. The van der Waals surface area contributed by atoms with Gasteiger partial charge in [0.25, 0.3) is 5.56 Å². The second-order valence-corrected chi connectivity index (χ2v) is 5.93. The Bertz CT molecular complexity index is 1040. The van der Waals surface area contributed by atoms with Crippen molar-refractivity contribution >= 4 is 30.0 Å². The van der Waals surface area contributed by atoms with E-state index in [0.717, 1.165) is 10.2 Å². The number of hydrogen-bond donors (Lipinski definition) is 1. The molecule has 1 aromatic heterocycles. The molecule has 0 unspecified atom stereocenters. The van der Waals surface area contributed by atoms with E-state index in [0.29, 0.717) is 16.5 Å². The van der Waals surface area contributed by atoms with Gasteiger partial charge in [-0.1, -0.05) is 23.7 Å². The van der Waals surface area contributed by atoms with Gasteiger partial charge in [0.05, 0.1) is 6.21 Å². The largest absolute Gasteiger partial charge is 0.457 e. The van der Waals surface area contributed by atoms with Crippen molar-refractivity contribution in [1.82, 2.24) is 14.9 Å². The molecule has 6 nitrogen and oxygen atoms in total. The molecule has 8 heteroatoms. The van der Waals surface area contributed by atoms with Gasteiger partial charge < -0.3 is 4.74 Å². The molecule has 0 bridgehead atoms. The van der Waals surface area contributed by atoms with Gasteiger partial charge >= 0.3 is 0 Å². The number of ether oxygens (including phenoxy) is 1. The maximum absolute atomic E-state index is 12.0. The zero-order valence-corrected chi connectivity index (χ0v) is 14.7. The molecule has 126 valence electrons. The molecule has 25 heavy (non-hydrogen) atoms. The van der Waals surface area contributed by atoms with E-state index in [2.05, 4.69) is 15.3 Å². The highest BCUT2D eigenvalue weighted by molar-refractivity contribution is 7.71. The topological polar surface area (TPSA) is 72.3 Å². The summed E-state index contributed by atoms with van der Waals surface area (Å²) < 4.78 is 6.98. The predicted octanol–water partition coefficient (Wildman–Crippen LogP) is 3.94. The van der Waals surface area contributed by atoms with Crippen molar-refractivity contribution in [3.05, 3.63) is 79.9 Å². The third-order valence-corrected chi connectivity index (χ3v) is 3.76. The average Bonchev–Trinajstić information content (AvgIpc) is 2.61. The van der Waals surface area contributed by atoms with Crippen LogP contribution in [-0.2, 0) is 0 Å². The lowest BCUT2D eigenvalue weighted by atomic mass is 10.2. The molecular weight excluding hydrogens is 360 g/mol. The number of hydrogen-bond acceptors (Lipinski definition) is 5. The molecule has 0 aliphatic rings. The normalized spacial score (nSPS) is 11.0. The van der Waals surface area contributed by atoms with Gasteiger partial charge in [-0.25, -0.2) is 0 Å². The number of halogens is 1. The van der Waals surface area contributed by atoms with Gasteiger partial charge in [0.2, 0.25) is 4.77 Å². The number of benzene rings is 2. The summed E-state index contributed by atoms with van der Waals surface area (Å²) in [6.45, 7) is 1.58. The molecule has 0 spiro atoms. The summed E-state index contributed by atoms with van der Waals surface area (Å²) in [5.74, 6) is 1.30. The van der Waals surface area contributed by atoms with E-state index in [1.54, 1.807) is 37.3 Å². The maximum Gasteiger partial charge on any atom is 0.296 e. The minimum atomic E-state index is -0.367. The molecule has 0 fully saturated rings. The van der Waals surface area contributed by atoms with E-state index in [-0.39, 0.29) is 16.0 Å². The van der Waals surface area contributed by atoms with Crippen LogP contribution < -0.4 is 10.3 Å². The van der Waals surface area contributed by atoms with Gasteiger partial charge in [-0.2, -0.15) is 14.9 Å². The van der Waals surface area contributed by atoms with Crippen molar-refractivity contribution in [1.29, 1.82) is 0 Å². The highest BCUT2D eigenvalue weighted by atomic mass is 35.5. The van der Waals surface area contributed by atoms with Gasteiger partial charge in [0.1, 0.15) is 17.2 Å². The Balaban J connectivity index is 1.85. The first kappa shape index (κ1) is 17.1. The van der Waals surface area contributed by atoms with E-state index in [9.17, 15) is 4.79 Å². The molecule has 0 aliphatic carbocycles. The van der Waals surface area contributed by atoms with Crippen LogP contribution in [0.15, 0.2) is 58.4 Å². The van der Waals surface area contributed by atoms with E-state index >= 15 is 0 Å². The molecule has 0 atom stereocenters. The molecule has 0 amide bonds. The predicted molar refractivity (Wildman–Crippen MR) is 99.4 cm³/mol. The zero-order chi connectivity index (χ0) is 17.8. The van der Waals surface area contributed by atoms with E-state index < -0.39 is 0 Å². The van der Waals surface area contributed by atoms with Crippen LogP contribution in [0.4, 0.5) is 0 Å². The van der Waals surface area contributed by atoms with Gasteiger partial charge in [0, 0.05) is 5.02 Å². The van der Waals surface area contributed by atoms with Crippen LogP contribution in [0.3, 0.4) is 0 Å². The van der Waals surface area contributed by atoms with Crippen LogP contribution in [0.2, 0.25) is 5.02 Å². The standard InChI is InChI=1S/C17H13ClN4O2S/c1-11-16(23)22(17(25)21-20-11)19-10-12-3-2-4-15(9-12)24-14-7-5-13(18)6-8-14/h2-10H,1H3,(H,21,25)/b19-10-. The fraction of sp³-hybridized carbons (Fsp3) is 0.0588. The van der Waals surface area contributed by atoms with Gasteiger partial charge in [-0.15, -0.1) is 0 Å². The molecule has 3 aromatic rings. The molecule has 0 saturated carbocycles. The maximum atomic E-state index is 12.0. The summed E-state index contributed by atoms with van der Waals surface area (Å²) in [5, 5.41) is 11.1. The second kappa shape index (κ2) is 7.42. The van der Waals surface area contributed by atoms with Gasteiger partial charge in [0.15, 0.2) is 0 Å². The van der Waals surface area contributed by atoms with Crippen LogP contribution in [-0.4, -0.2) is 21.1 Å². The number of aromatic amines is 1. The lowest BCUT2D eigenvalue weighted by molar-refractivity contribution is 0.482. The van der Waals surface area contributed by atoms with Crippen molar-refractivity contribution in [2.45, 2.75) is 6.92 Å². The molecule has 1 heterocycles. The van der Waals surface area contributed by atoms with Crippen LogP contribution in [0.25, 0.3) is 0 Å². The van der Waals surface area contributed by atoms with Crippen molar-refractivity contribution in [3.63, 3.8) is 0 Å². The van der Waals surface area contributed by atoms with Crippen LogP contribution in [0.5, 0.6) is 11.5 Å². The average molecular weight is 373 g/mol. The highest BCUT2D eigenvalue weighted by Crippen LogP contribution is 2.23. The van der Waals surface area contributed by atoms with Crippen LogP contribution in [0.1, 0.15) is 11.3 Å². The highest BCUT2D eigenvalue weighted by Gasteiger charge is 2.02. The molecule has 0 radical (unpaired) electrons. The molecular formula is C17H13ClN4O2S. The lowest BCUT2D eigenvalue weighted by Crippen LogP contribution is -2.22. The van der Waals surface area contributed by atoms with E-state index in [1.165, 1.54) is 6.21 Å². The quantitative estimate of drug-likeness (QED) is 0.556. The summed E-state index contributed by atoms with van der Waals surface area (Å²) in [4.78, 5) is 12.0. The number of rotatable bonds is 4. The number of aromatic nitrogens is 3. The minimum Gasteiger partial charge on any atom is -0.457 e. The Morgan fingerprint density at radius 3 is 2.76 bits per heavy atom. The smallest absolute Gasteiger partial charge is 0.296 e. The van der Waals surface area contributed by atoms with Gasteiger partial charge in [-0.3, -0.25) is 9.89 Å². The molecule has 0 saturated heterocycles. The van der Waals surface area contributed by atoms with Crippen LogP contribution in [0, 0.1) is 11.7 Å². The first-order valence-corrected chi connectivity index (χ1v) is 8.08. The Hall–Kier alpha value is -2.77. The van der Waals surface area contributed by atoms with E-state index in [4.69, 9.17) is 28.6 Å². The van der Waals surface area contributed by atoms with Crippen LogP contribution >= 0.6 is 23.8 Å². The Kier molecular flexibility index (Phi) is 5.06. The number of H-pyrrole nitrogens is 1. The second-order valence-electron chi connectivity index (χ2n) is 5.10. The summed E-state index contributed by atoms with van der Waals surface area (Å²) in [7, 11) is 0. The first-order valence-electron chi connectivity index (χ1n) is 7.29. The monoisotopic (exact) mass is 372 g/mol. The summed E-state index contributed by atoms with van der Waals surface area (Å²) in [6, 6.07) is 14.3. The first-order chi connectivity index (χ1) is 12.0. The number of aryl methyl sites for hydroxylation is 1. The number of nitrogens with one attached hydrogen (secondary N) is 1. The van der Waals surface area contributed by atoms with E-state index in [1.807, 2.05) is 18.2 Å². The van der Waals surface area contributed by atoms with Crippen molar-refractivity contribution in [2.75, 3.05) is 0 Å². The fourth-order valence-corrected chi connectivity index (χ4v) is 2.30. The SMILES string of the molecule is Cc1n[nH]c(=S)n(/N=C\c2cccc(Oc3ccc(Cl)cc3)c2)c1=O. The number of nitrogens with zero attached hydrogens (tertiary/aromatic N) is 3. The molecule has 2 aromatic carbocycles. The third kappa shape index (κ3) is 4.20. The lowest BCUT2D eigenvalue weighted by Gasteiger charge is -2.06.